The van der Waals surface area contributed by atoms with Gasteiger partial charge in [0.1, 0.15) is 40.9 Å². The van der Waals surface area contributed by atoms with Crippen LogP contribution >= 0.6 is 11.3 Å². The molecule has 0 radical (unpaired) electrons. The number of aromatic nitrogens is 1. The van der Waals surface area contributed by atoms with Gasteiger partial charge in [-0.2, -0.15) is 0 Å². The molecule has 1 fully saturated rings. The number of amides is 11. The third-order valence-electron chi connectivity index (χ3n) is 17.2. The van der Waals surface area contributed by atoms with Crippen molar-refractivity contribution in [1.82, 2.24) is 52.0 Å². The van der Waals surface area contributed by atoms with Crippen LogP contribution in [0.1, 0.15) is 163 Å². The maximum Gasteiger partial charge on any atom is 0.408 e. The highest BCUT2D eigenvalue weighted by Gasteiger charge is 2.44. The van der Waals surface area contributed by atoms with Gasteiger partial charge in [-0.05, 0) is 127 Å². The van der Waals surface area contributed by atoms with Gasteiger partial charge in [-0.25, -0.2) is 19.4 Å². The van der Waals surface area contributed by atoms with Gasteiger partial charge >= 0.3 is 18.2 Å². The Morgan fingerprint density at radius 2 is 1.40 bits per heavy atom. The number of nitrogens with zero attached hydrogens (tertiary/aromatic N) is 3. The predicted molar refractivity (Wildman–Crippen MR) is 370 cm³/mol. The molecule has 12 N–H and O–H groups in total. The fraction of sp³-hybridized carbons (Fsp3) is 0.638. The summed E-state index contributed by atoms with van der Waals surface area (Å²) in [6.07, 6.45) is 2.84. The zero-order chi connectivity index (χ0) is 72.3. The zero-order valence-corrected chi connectivity index (χ0v) is 60.2. The number of thiazole rings is 1. The van der Waals surface area contributed by atoms with E-state index in [1.165, 1.54) is 32.3 Å². The first-order valence-corrected chi connectivity index (χ1v) is 34.5. The second-order valence-corrected chi connectivity index (χ2v) is 28.1. The number of rotatable bonds is 38. The van der Waals surface area contributed by atoms with Gasteiger partial charge < -0.3 is 82.7 Å². The smallest absolute Gasteiger partial charge is 0.408 e. The van der Waals surface area contributed by atoms with E-state index in [0.29, 0.717) is 62.9 Å². The molecule has 540 valence electrons. The van der Waals surface area contributed by atoms with Crippen LogP contribution in [0.15, 0.2) is 66.2 Å². The Morgan fingerprint density at radius 3 is 1.99 bits per heavy atom. The maximum absolute atomic E-state index is 14.7. The third-order valence-corrected chi connectivity index (χ3v) is 18.1. The topological polar surface area (TPSA) is 375 Å². The fourth-order valence-corrected chi connectivity index (χ4v) is 12.2. The minimum absolute atomic E-state index is 0.0700. The van der Waals surface area contributed by atoms with E-state index in [1.807, 2.05) is 56.5 Å². The van der Waals surface area contributed by atoms with Crippen molar-refractivity contribution < 1.29 is 66.9 Å². The number of likely N-dealkylation sites (tertiary alicyclic amines) is 1. The molecule has 3 aromatic rings. The van der Waals surface area contributed by atoms with Crippen LogP contribution in [0.2, 0.25) is 0 Å². The van der Waals surface area contributed by atoms with Crippen LogP contribution < -0.4 is 54.0 Å². The van der Waals surface area contributed by atoms with Crippen molar-refractivity contribution in [3.8, 4) is 0 Å². The van der Waals surface area contributed by atoms with Crippen LogP contribution in [-0.2, 0) is 65.5 Å². The van der Waals surface area contributed by atoms with Gasteiger partial charge in [0, 0.05) is 58.2 Å². The number of likely N-dealkylation sites (N-methyl/N-ethyl adjacent to an activating group) is 1. The normalized spacial score (nSPS) is 16.4. The highest BCUT2D eigenvalue weighted by Crippen LogP contribution is 2.31. The van der Waals surface area contributed by atoms with E-state index in [9.17, 15) is 47.9 Å². The van der Waals surface area contributed by atoms with Crippen molar-refractivity contribution in [2.75, 3.05) is 46.2 Å². The SMILES string of the molecule is CC[C@H](C)[C@@H]([C@@H](CC(=O)N1CCC[C@H]1[C@H](OC)[C@@H](C)C(=O)N[C@@H](Cc1ccccc1)c1nccs1)OC)N(C)C(=O)[C@@H](NC(=O)C(C)(C)NC(=O)OCc1ccc(NC(=O)[C@H](CCCNC(N)=O)NC(=O)[C@@H](NC(=O)[C@@H](N)CCCCNC(=O)OC(C)(C)C)C(C)C)cc1)C(C)C. The molecule has 27 nitrogen and oxygen atoms in total. The molecule has 0 bridgehead atoms. The van der Waals surface area contributed by atoms with E-state index in [4.69, 9.17) is 30.4 Å². The summed E-state index contributed by atoms with van der Waals surface area (Å²) in [6.45, 7) is 21.6. The lowest BCUT2D eigenvalue weighted by molar-refractivity contribution is -0.148. The molecule has 0 spiro atoms. The Kier molecular flexibility index (Phi) is 33.1. The van der Waals surface area contributed by atoms with Crippen LogP contribution in [0, 0.1) is 23.7 Å². The molecule has 1 aromatic heterocycles. The summed E-state index contributed by atoms with van der Waals surface area (Å²) in [6, 6.07) is 9.78. The van der Waals surface area contributed by atoms with E-state index in [1.54, 1.807) is 103 Å². The molecule has 1 aliphatic rings. The second-order valence-electron chi connectivity index (χ2n) is 27.2. The molecule has 11 atom stereocenters. The lowest BCUT2D eigenvalue weighted by Crippen LogP contribution is -2.62. The lowest BCUT2D eigenvalue weighted by Gasteiger charge is -2.41. The zero-order valence-electron chi connectivity index (χ0n) is 59.4. The van der Waals surface area contributed by atoms with Gasteiger partial charge in [-0.1, -0.05) is 97.4 Å². The number of nitrogens with two attached hydrogens (primary N) is 2. The number of primary amides is 1. The van der Waals surface area contributed by atoms with Gasteiger partial charge in [-0.3, -0.25) is 33.6 Å². The number of benzene rings is 2. The molecule has 0 unspecified atom stereocenters. The van der Waals surface area contributed by atoms with Crippen molar-refractivity contribution in [3.05, 3.63) is 82.3 Å². The Hall–Kier alpha value is -7.95. The number of carbonyl (C=O) groups excluding carboxylic acids is 10. The van der Waals surface area contributed by atoms with Gasteiger partial charge in [0.15, 0.2) is 0 Å². The number of anilines is 1. The van der Waals surface area contributed by atoms with Crippen molar-refractivity contribution in [2.45, 2.75) is 220 Å². The van der Waals surface area contributed by atoms with Crippen LogP contribution in [0.3, 0.4) is 0 Å². The minimum Gasteiger partial charge on any atom is -0.445 e. The molecule has 0 aliphatic carbocycles. The van der Waals surface area contributed by atoms with Crippen LogP contribution in [0.4, 0.5) is 20.1 Å². The van der Waals surface area contributed by atoms with E-state index >= 15 is 0 Å². The molecule has 4 rings (SSSR count). The number of methoxy groups -OCH3 is 2. The Morgan fingerprint density at radius 1 is 0.742 bits per heavy atom. The quantitative estimate of drug-likeness (QED) is 0.0280. The van der Waals surface area contributed by atoms with Crippen molar-refractivity contribution in [2.24, 2.45) is 35.1 Å². The number of carbonyl (C=O) groups is 10. The summed E-state index contributed by atoms with van der Waals surface area (Å²) in [7, 11) is 4.69. The number of ether oxygens (including phenoxy) is 4. The average molecular weight is 1380 g/mol. The first kappa shape index (κ1) is 81.5. The Balaban J connectivity index is 1.35. The average Bonchev–Trinajstić information content (AvgIpc) is 1.80. The van der Waals surface area contributed by atoms with Crippen LogP contribution in [-0.4, -0.2) is 175 Å². The molecule has 1 aliphatic heterocycles. The molecule has 2 heterocycles. The Labute approximate surface area is 576 Å². The van der Waals surface area contributed by atoms with Gasteiger partial charge in [-0.15, -0.1) is 11.3 Å². The standard InChI is InChI=1S/C69H109N13O14S/c1-16-43(6)56(52(93-14)39-53(83)82-36-23-28-51(82)57(94-15)44(7)58(84)77-50(62-72-35-37-97-62)38-45-24-18-17-19-25-45)81(13)63(88)55(42(4)5)79-64(89)69(11,12)80-67(92)95-40-46-29-31-47(32-30-46)75-60(86)49(27-22-34-73-65(71)90)76-61(87)54(41(2)3)78-59(85)48(70)26-20-21-33-74-66(91)96-68(8,9)10/h17-19,24-25,29-32,35,37,41-44,48-52,54-57H,16,20-23,26-28,33-34,36,38-40,70H2,1-15H3,(H,74,91)(H,75,86)(H,76,87)(H,77,84)(H,78,85)(H,79,89)(H,80,92)(H3,71,73,90)/t43-,44+,48-,49-,50-,51-,52+,54-,55-,56-,57+/m0/s1. The number of nitrogens with one attached hydrogen (secondary N) is 8. The number of unbranched alkanes of at least 4 members (excludes halogenated alkanes) is 1. The molecule has 1 saturated heterocycles. The van der Waals surface area contributed by atoms with Crippen molar-refractivity contribution in [3.63, 3.8) is 0 Å². The molecule has 0 saturated carbocycles. The second kappa shape index (κ2) is 39.4. The fourth-order valence-electron chi connectivity index (χ4n) is 11.5. The van der Waals surface area contributed by atoms with Crippen molar-refractivity contribution >= 4 is 76.6 Å². The number of hydrogen-bond acceptors (Lipinski definition) is 17. The first-order chi connectivity index (χ1) is 45.7. The van der Waals surface area contributed by atoms with Gasteiger partial charge in [0.05, 0.1) is 48.7 Å². The van der Waals surface area contributed by atoms with Crippen LogP contribution in [0.5, 0.6) is 0 Å². The molecule has 97 heavy (non-hydrogen) atoms. The summed E-state index contributed by atoms with van der Waals surface area (Å²) in [5, 5.41) is 24.7. The third kappa shape index (κ3) is 26.4. The summed E-state index contributed by atoms with van der Waals surface area (Å²) >= 11 is 1.47. The Bertz CT molecular complexity index is 3020. The van der Waals surface area contributed by atoms with E-state index in [2.05, 4.69) is 47.5 Å². The van der Waals surface area contributed by atoms with Crippen molar-refractivity contribution in [1.29, 1.82) is 0 Å². The lowest BCUT2D eigenvalue weighted by atomic mass is 9.89. The molecular weight excluding hydrogens is 1270 g/mol. The number of urea groups is 1. The van der Waals surface area contributed by atoms with E-state index < -0.39 is 125 Å². The molecular formula is C69H109N13O14S. The van der Waals surface area contributed by atoms with E-state index in [0.717, 1.165) is 10.6 Å². The monoisotopic (exact) mass is 1380 g/mol. The number of alkyl carbamates (subject to hydrolysis) is 2. The highest BCUT2D eigenvalue weighted by molar-refractivity contribution is 7.09. The predicted octanol–water partition coefficient (Wildman–Crippen LogP) is 6.34. The highest BCUT2D eigenvalue weighted by atomic mass is 32.1. The molecule has 11 amide bonds. The van der Waals surface area contributed by atoms with Crippen LogP contribution in [0.25, 0.3) is 0 Å². The minimum atomic E-state index is -1.59. The molecule has 28 heteroatoms. The number of hydrogen-bond donors (Lipinski definition) is 10. The molecule has 2 aromatic carbocycles. The van der Waals surface area contributed by atoms with Gasteiger partial charge in [0.2, 0.25) is 41.4 Å². The van der Waals surface area contributed by atoms with E-state index in [-0.39, 0.29) is 62.6 Å². The van der Waals surface area contributed by atoms with Gasteiger partial charge in [0.25, 0.3) is 0 Å². The largest absolute Gasteiger partial charge is 0.445 e. The summed E-state index contributed by atoms with van der Waals surface area (Å²) in [5.41, 5.74) is 11.1. The first-order valence-electron chi connectivity index (χ1n) is 33.6. The summed E-state index contributed by atoms with van der Waals surface area (Å²) < 4.78 is 22.9. The summed E-state index contributed by atoms with van der Waals surface area (Å²) in [4.78, 5) is 143. The summed E-state index contributed by atoms with van der Waals surface area (Å²) in [5.74, 6) is -5.01. The maximum atomic E-state index is 14.7.